The highest BCUT2D eigenvalue weighted by Gasteiger charge is 2.73. The zero-order valence-electron chi connectivity index (χ0n) is 17.8. The van der Waals surface area contributed by atoms with E-state index >= 15 is 0 Å². The fourth-order valence-electron chi connectivity index (χ4n) is 5.98. The maximum absolute atomic E-state index is 13.5. The van der Waals surface area contributed by atoms with Gasteiger partial charge in [-0.05, 0) is 43.5 Å². The summed E-state index contributed by atoms with van der Waals surface area (Å²) in [5, 5.41) is 15.6. The predicted molar refractivity (Wildman–Crippen MR) is 122 cm³/mol. The molecule has 0 bridgehead atoms. The lowest BCUT2D eigenvalue weighted by Crippen LogP contribution is -2.55. The highest BCUT2D eigenvalue weighted by Crippen LogP contribution is 2.59. The van der Waals surface area contributed by atoms with Crippen LogP contribution in [0.4, 0.5) is 5.69 Å². The third kappa shape index (κ3) is 2.73. The number of anilines is 1. The van der Waals surface area contributed by atoms with Crippen molar-refractivity contribution < 1.29 is 19.2 Å². The van der Waals surface area contributed by atoms with Crippen molar-refractivity contribution in [1.82, 2.24) is 4.90 Å². The van der Waals surface area contributed by atoms with Gasteiger partial charge in [-0.2, -0.15) is 0 Å². The molecule has 0 aliphatic carbocycles. The number of benzene rings is 2. The molecule has 2 aromatic carbocycles. The largest absolute Gasteiger partial charge is 0.493 e. The maximum Gasteiger partial charge on any atom is 0.256 e. The maximum atomic E-state index is 13.5. The van der Waals surface area contributed by atoms with Crippen LogP contribution in [0.3, 0.4) is 0 Å². The van der Waals surface area contributed by atoms with Crippen LogP contribution in [0, 0.1) is 10.1 Å². The highest BCUT2D eigenvalue weighted by molar-refractivity contribution is 9.10. The minimum atomic E-state index is -1.34. The molecule has 0 saturated carbocycles. The van der Waals surface area contributed by atoms with Crippen molar-refractivity contribution in [3.05, 3.63) is 62.1 Å². The molecule has 168 valence electrons. The summed E-state index contributed by atoms with van der Waals surface area (Å²) in [6.45, 7) is 3.00. The summed E-state index contributed by atoms with van der Waals surface area (Å²) in [5.41, 5.74) is 0.768. The Morgan fingerprint density at radius 2 is 2.09 bits per heavy atom. The molecule has 9 heteroatoms. The molecule has 0 radical (unpaired) electrons. The highest BCUT2D eigenvalue weighted by atomic mass is 79.9. The Hall–Kier alpha value is -2.65. The van der Waals surface area contributed by atoms with Gasteiger partial charge in [-0.3, -0.25) is 19.8 Å². The summed E-state index contributed by atoms with van der Waals surface area (Å²) in [7, 11) is 1.55. The van der Waals surface area contributed by atoms with E-state index in [2.05, 4.69) is 26.1 Å². The Morgan fingerprint density at radius 1 is 1.31 bits per heavy atom. The van der Waals surface area contributed by atoms with E-state index in [4.69, 9.17) is 9.47 Å². The first kappa shape index (κ1) is 21.2. The second-order valence-electron chi connectivity index (χ2n) is 8.38. The molecule has 8 nitrogen and oxygen atoms in total. The lowest BCUT2D eigenvalue weighted by Gasteiger charge is -2.32. The number of nitrogens with one attached hydrogen (secondary N) is 1. The molecule has 3 aliphatic heterocycles. The standard InChI is InChI=1S/C23H24BrN3O5/c1-3-32-19-12-15(24)13(11-18(19)31-2)20-17-9-6-10-26(17)23(21(20)27(29)30)14-7-4-5-8-16(14)25-22(23)28/h4-5,7-8,11-12,17,20-21H,3,6,9-10H2,1-2H3,(H,25,28)/t17-,20+,21+,23-/m0/s1. The number of carbonyl (C=O) groups excluding carboxylic acids is 1. The van der Waals surface area contributed by atoms with E-state index in [1.165, 1.54) is 0 Å². The number of hydrogen-bond donors (Lipinski definition) is 1. The molecule has 1 N–H and O–H groups in total. The first-order chi connectivity index (χ1) is 15.4. The minimum Gasteiger partial charge on any atom is -0.493 e. The first-order valence-electron chi connectivity index (χ1n) is 10.8. The topological polar surface area (TPSA) is 93.9 Å². The Bertz CT molecular complexity index is 1110. The van der Waals surface area contributed by atoms with Crippen LogP contribution in [0.1, 0.15) is 36.8 Å². The van der Waals surface area contributed by atoms with E-state index in [-0.39, 0.29) is 16.9 Å². The predicted octanol–water partition coefficient (Wildman–Crippen LogP) is 3.91. The van der Waals surface area contributed by atoms with Gasteiger partial charge >= 0.3 is 0 Å². The van der Waals surface area contributed by atoms with E-state index in [9.17, 15) is 14.9 Å². The fraction of sp³-hybridized carbons (Fsp3) is 0.435. The summed E-state index contributed by atoms with van der Waals surface area (Å²) in [4.78, 5) is 28.0. The Kier molecular flexibility index (Phi) is 5.13. The molecule has 1 spiro atoms. The number of fused-ring (bicyclic) bond motifs is 4. The number of nitro groups is 1. The third-order valence-corrected chi connectivity index (χ3v) is 7.72. The van der Waals surface area contributed by atoms with Gasteiger partial charge in [-0.25, -0.2) is 0 Å². The van der Waals surface area contributed by atoms with Crippen molar-refractivity contribution in [2.45, 2.75) is 43.3 Å². The fourth-order valence-corrected chi connectivity index (χ4v) is 6.57. The van der Waals surface area contributed by atoms with Crippen LogP contribution in [-0.2, 0) is 10.3 Å². The second-order valence-corrected chi connectivity index (χ2v) is 9.24. The Balaban J connectivity index is 1.73. The molecule has 3 aliphatic rings. The number of halogens is 1. The third-order valence-electron chi connectivity index (χ3n) is 7.04. The molecule has 3 heterocycles. The zero-order chi connectivity index (χ0) is 22.6. The van der Waals surface area contributed by atoms with Gasteiger partial charge in [-0.1, -0.05) is 34.1 Å². The average Bonchev–Trinajstić information content (AvgIpc) is 3.42. The summed E-state index contributed by atoms with van der Waals surface area (Å²) < 4.78 is 11.9. The van der Waals surface area contributed by atoms with Crippen molar-refractivity contribution in [3.8, 4) is 11.5 Å². The molecular formula is C23H24BrN3O5. The van der Waals surface area contributed by atoms with Gasteiger partial charge < -0.3 is 14.8 Å². The van der Waals surface area contributed by atoms with Crippen LogP contribution in [0.2, 0.25) is 0 Å². The minimum absolute atomic E-state index is 0.138. The number of amides is 1. The van der Waals surface area contributed by atoms with Crippen LogP contribution in [0.5, 0.6) is 11.5 Å². The lowest BCUT2D eigenvalue weighted by atomic mass is 9.77. The molecular weight excluding hydrogens is 478 g/mol. The van der Waals surface area contributed by atoms with Crippen molar-refractivity contribution in [1.29, 1.82) is 0 Å². The summed E-state index contributed by atoms with van der Waals surface area (Å²) in [6, 6.07) is 9.68. The van der Waals surface area contributed by atoms with Crippen molar-refractivity contribution in [2.75, 3.05) is 25.6 Å². The molecule has 0 aromatic heterocycles. The molecule has 1 amide bonds. The van der Waals surface area contributed by atoms with Gasteiger partial charge in [0.15, 0.2) is 17.0 Å². The number of ether oxygens (including phenoxy) is 2. The SMILES string of the molecule is CCOc1cc(Br)c([C@@H]2[C@@H]3CCCN3[C@]3(C(=O)Nc4ccccc43)[C@@H]2[N+](=O)[O-])cc1OC. The smallest absolute Gasteiger partial charge is 0.256 e. The molecule has 2 saturated heterocycles. The van der Waals surface area contributed by atoms with Gasteiger partial charge in [0, 0.05) is 33.2 Å². The van der Waals surface area contributed by atoms with E-state index in [0.29, 0.717) is 40.4 Å². The average molecular weight is 502 g/mol. The molecule has 0 unspecified atom stereocenters. The summed E-state index contributed by atoms with van der Waals surface area (Å²) >= 11 is 3.63. The van der Waals surface area contributed by atoms with Crippen LogP contribution in [-0.4, -0.2) is 48.1 Å². The number of hydrogen-bond acceptors (Lipinski definition) is 6. The molecule has 2 aromatic rings. The van der Waals surface area contributed by atoms with Crippen LogP contribution < -0.4 is 14.8 Å². The number of para-hydroxylation sites is 1. The Labute approximate surface area is 194 Å². The van der Waals surface area contributed by atoms with Crippen LogP contribution >= 0.6 is 15.9 Å². The van der Waals surface area contributed by atoms with Gasteiger partial charge in [0.25, 0.3) is 11.9 Å². The lowest BCUT2D eigenvalue weighted by molar-refractivity contribution is -0.534. The van der Waals surface area contributed by atoms with Gasteiger partial charge in [0.2, 0.25) is 0 Å². The molecule has 2 fully saturated rings. The number of rotatable bonds is 5. The van der Waals surface area contributed by atoms with E-state index in [1.54, 1.807) is 7.11 Å². The van der Waals surface area contributed by atoms with Crippen LogP contribution in [0.15, 0.2) is 40.9 Å². The van der Waals surface area contributed by atoms with Crippen molar-refractivity contribution in [2.24, 2.45) is 0 Å². The molecule has 32 heavy (non-hydrogen) atoms. The second kappa shape index (κ2) is 7.74. The quantitative estimate of drug-likeness (QED) is 0.492. The van der Waals surface area contributed by atoms with Crippen molar-refractivity contribution >= 4 is 27.5 Å². The normalized spacial score (nSPS) is 28.5. The van der Waals surface area contributed by atoms with Crippen molar-refractivity contribution in [3.63, 3.8) is 0 Å². The monoisotopic (exact) mass is 501 g/mol. The van der Waals surface area contributed by atoms with Gasteiger partial charge in [0.05, 0.1) is 19.6 Å². The van der Waals surface area contributed by atoms with E-state index in [0.717, 1.165) is 18.4 Å². The Morgan fingerprint density at radius 3 is 2.81 bits per heavy atom. The summed E-state index contributed by atoms with van der Waals surface area (Å²) in [5.74, 6) is 0.282. The summed E-state index contributed by atoms with van der Waals surface area (Å²) in [6.07, 6.45) is 1.67. The first-order valence-corrected chi connectivity index (χ1v) is 11.6. The number of methoxy groups -OCH3 is 1. The number of nitrogens with zero attached hydrogens (tertiary/aromatic N) is 2. The molecule has 5 rings (SSSR count). The van der Waals surface area contributed by atoms with Gasteiger partial charge in [-0.15, -0.1) is 0 Å². The van der Waals surface area contributed by atoms with E-state index in [1.807, 2.05) is 43.3 Å². The van der Waals surface area contributed by atoms with E-state index < -0.39 is 17.5 Å². The van der Waals surface area contributed by atoms with Crippen LogP contribution in [0.25, 0.3) is 0 Å². The zero-order valence-corrected chi connectivity index (χ0v) is 19.4. The number of carbonyl (C=O) groups is 1. The van der Waals surface area contributed by atoms with Gasteiger partial charge in [0.1, 0.15) is 0 Å². The molecule has 4 atom stereocenters.